The number of carbonyl (C=O) groups excluding carboxylic acids is 1. The zero-order valence-corrected chi connectivity index (χ0v) is 19.8. The second-order valence-corrected chi connectivity index (χ2v) is 9.85. The number of aromatic nitrogens is 2. The van der Waals surface area contributed by atoms with Crippen LogP contribution in [0.25, 0.3) is 16.8 Å². The van der Waals surface area contributed by atoms with Crippen molar-refractivity contribution in [3.8, 4) is 16.8 Å². The Morgan fingerprint density at radius 2 is 1.78 bits per heavy atom. The van der Waals surface area contributed by atoms with Gasteiger partial charge in [0, 0.05) is 24.4 Å². The zero-order valence-electron chi connectivity index (χ0n) is 19.0. The van der Waals surface area contributed by atoms with Crippen molar-refractivity contribution >= 4 is 27.4 Å². The maximum absolute atomic E-state index is 15.5. The number of benzene rings is 3. The lowest BCUT2D eigenvalue weighted by Crippen LogP contribution is -2.19. The minimum atomic E-state index is -4.03. The summed E-state index contributed by atoms with van der Waals surface area (Å²) in [5.74, 6) is -3.39. The molecule has 0 saturated carbocycles. The Morgan fingerprint density at radius 1 is 1.06 bits per heavy atom. The Labute approximate surface area is 205 Å². The maximum Gasteiger partial charge on any atom is 0.356 e. The highest BCUT2D eigenvalue weighted by atomic mass is 32.2. The number of hydrogen-bond acceptors (Lipinski definition) is 6. The molecule has 9 nitrogen and oxygen atoms in total. The molecular formula is C25H21FN4O5S. The van der Waals surface area contributed by atoms with Crippen LogP contribution in [0.5, 0.6) is 0 Å². The largest absolute Gasteiger partial charge is 0.476 e. The lowest BCUT2D eigenvalue weighted by atomic mass is 10.0. The fraction of sp³-hybridized carbons (Fsp3) is 0.0800. The Kier molecular flexibility index (Phi) is 6.69. The minimum absolute atomic E-state index is 0.144. The molecule has 0 radical (unpaired) electrons. The third-order valence-electron chi connectivity index (χ3n) is 5.35. The molecule has 184 valence electrons. The molecule has 1 aromatic heterocycles. The maximum atomic E-state index is 15.5. The van der Waals surface area contributed by atoms with Crippen molar-refractivity contribution in [1.82, 2.24) is 9.78 Å². The van der Waals surface area contributed by atoms with Crippen LogP contribution in [-0.2, 0) is 16.4 Å². The second kappa shape index (κ2) is 9.72. The SMILES string of the molecule is CS(=O)(=O)c1c(-c2ccccc2)ccc(NC(=O)c2cc(C(=O)O)nn2-c2cccc(CN)c2)c1F. The number of carboxylic acid groups (broad SMARTS) is 1. The topological polar surface area (TPSA) is 144 Å². The Hall–Kier alpha value is -4.35. The van der Waals surface area contributed by atoms with Crippen LogP contribution >= 0.6 is 0 Å². The van der Waals surface area contributed by atoms with E-state index in [-0.39, 0.29) is 23.5 Å². The summed E-state index contributed by atoms with van der Waals surface area (Å²) in [6, 6.07) is 18.7. The van der Waals surface area contributed by atoms with Crippen LogP contribution < -0.4 is 11.1 Å². The Morgan fingerprint density at radius 3 is 2.42 bits per heavy atom. The summed E-state index contributed by atoms with van der Waals surface area (Å²) in [5.41, 5.74) is 6.39. The van der Waals surface area contributed by atoms with E-state index in [0.717, 1.165) is 17.0 Å². The van der Waals surface area contributed by atoms with Gasteiger partial charge in [0.05, 0.1) is 11.4 Å². The number of amides is 1. The van der Waals surface area contributed by atoms with Gasteiger partial charge in [-0.25, -0.2) is 22.3 Å². The summed E-state index contributed by atoms with van der Waals surface area (Å²) >= 11 is 0. The van der Waals surface area contributed by atoms with E-state index in [0.29, 0.717) is 16.8 Å². The summed E-state index contributed by atoms with van der Waals surface area (Å²) in [6.45, 7) is 0.204. The average molecular weight is 509 g/mol. The molecule has 0 fully saturated rings. The van der Waals surface area contributed by atoms with Crippen LogP contribution in [0, 0.1) is 5.82 Å². The normalized spacial score (nSPS) is 11.3. The third kappa shape index (κ3) is 4.88. The number of nitrogens with one attached hydrogen (secondary N) is 1. The van der Waals surface area contributed by atoms with Crippen molar-refractivity contribution in [3.05, 3.63) is 95.6 Å². The van der Waals surface area contributed by atoms with E-state index in [4.69, 9.17) is 5.73 Å². The number of rotatable bonds is 7. The van der Waals surface area contributed by atoms with Gasteiger partial charge in [-0.3, -0.25) is 4.79 Å². The molecule has 1 heterocycles. The highest BCUT2D eigenvalue weighted by Gasteiger charge is 2.26. The van der Waals surface area contributed by atoms with Gasteiger partial charge < -0.3 is 16.2 Å². The van der Waals surface area contributed by atoms with Gasteiger partial charge in [0.15, 0.2) is 21.3 Å². The molecule has 4 N–H and O–H groups in total. The van der Waals surface area contributed by atoms with Crippen LogP contribution in [0.15, 0.2) is 77.7 Å². The van der Waals surface area contributed by atoms with Gasteiger partial charge in [-0.2, -0.15) is 5.10 Å². The Balaban J connectivity index is 1.79. The van der Waals surface area contributed by atoms with E-state index in [1.807, 2.05) is 0 Å². The summed E-state index contributed by atoms with van der Waals surface area (Å²) < 4.78 is 41.6. The predicted molar refractivity (Wildman–Crippen MR) is 131 cm³/mol. The molecule has 3 aromatic carbocycles. The summed E-state index contributed by atoms with van der Waals surface area (Å²) in [7, 11) is -4.03. The van der Waals surface area contributed by atoms with Gasteiger partial charge in [0.25, 0.3) is 5.91 Å². The molecule has 1 amide bonds. The number of nitrogens with zero attached hydrogens (tertiary/aromatic N) is 2. The van der Waals surface area contributed by atoms with E-state index in [2.05, 4.69) is 10.4 Å². The van der Waals surface area contributed by atoms with Crippen molar-refractivity contribution in [3.63, 3.8) is 0 Å². The first-order chi connectivity index (χ1) is 17.1. The number of nitrogens with two attached hydrogens (primary N) is 1. The van der Waals surface area contributed by atoms with E-state index in [1.165, 1.54) is 12.1 Å². The monoisotopic (exact) mass is 508 g/mol. The number of hydrogen-bond donors (Lipinski definition) is 3. The molecule has 0 saturated heterocycles. The lowest BCUT2D eigenvalue weighted by molar-refractivity contribution is 0.0689. The van der Waals surface area contributed by atoms with Crippen molar-refractivity contribution in [2.24, 2.45) is 5.73 Å². The van der Waals surface area contributed by atoms with Gasteiger partial charge in [0.1, 0.15) is 10.6 Å². The van der Waals surface area contributed by atoms with Crippen LogP contribution in [0.1, 0.15) is 26.5 Å². The molecule has 0 aliphatic carbocycles. The predicted octanol–water partition coefficient (Wildman–Crippen LogP) is 3.49. The quantitative estimate of drug-likeness (QED) is 0.347. The highest BCUT2D eigenvalue weighted by Crippen LogP contribution is 2.33. The zero-order chi connectivity index (χ0) is 26.0. The summed E-state index contributed by atoms with van der Waals surface area (Å²) in [5, 5.41) is 15.7. The molecule has 0 spiro atoms. The molecule has 0 unspecified atom stereocenters. The van der Waals surface area contributed by atoms with Gasteiger partial charge in [-0.05, 0) is 29.3 Å². The summed E-state index contributed by atoms with van der Waals surface area (Å²) in [4.78, 5) is 24.1. The van der Waals surface area contributed by atoms with E-state index >= 15 is 4.39 Å². The van der Waals surface area contributed by atoms with Crippen LogP contribution in [0.3, 0.4) is 0 Å². The van der Waals surface area contributed by atoms with Crippen molar-refractivity contribution in [2.45, 2.75) is 11.4 Å². The van der Waals surface area contributed by atoms with Gasteiger partial charge in [-0.15, -0.1) is 0 Å². The van der Waals surface area contributed by atoms with Gasteiger partial charge in [-0.1, -0.05) is 48.5 Å². The van der Waals surface area contributed by atoms with Crippen molar-refractivity contribution in [2.75, 3.05) is 11.6 Å². The van der Waals surface area contributed by atoms with Crippen molar-refractivity contribution < 1.29 is 27.5 Å². The van der Waals surface area contributed by atoms with E-state index in [9.17, 15) is 23.1 Å². The Bertz CT molecular complexity index is 1580. The number of carbonyl (C=O) groups is 2. The van der Waals surface area contributed by atoms with Crippen LogP contribution in [0.4, 0.5) is 10.1 Å². The van der Waals surface area contributed by atoms with E-state index < -0.39 is 38.1 Å². The average Bonchev–Trinajstić information content (AvgIpc) is 3.31. The van der Waals surface area contributed by atoms with Crippen LogP contribution in [0.2, 0.25) is 0 Å². The third-order valence-corrected chi connectivity index (χ3v) is 6.49. The fourth-order valence-corrected chi connectivity index (χ4v) is 4.73. The van der Waals surface area contributed by atoms with Gasteiger partial charge in [0.2, 0.25) is 0 Å². The molecular weight excluding hydrogens is 487 g/mol. The number of halogens is 1. The lowest BCUT2D eigenvalue weighted by Gasteiger charge is -2.14. The molecule has 36 heavy (non-hydrogen) atoms. The van der Waals surface area contributed by atoms with Crippen molar-refractivity contribution in [1.29, 1.82) is 0 Å². The first-order valence-corrected chi connectivity index (χ1v) is 12.5. The standard InChI is InChI=1S/C25H21FN4O5S/c1-36(34,35)23-18(16-7-3-2-4-8-16)10-11-19(22(23)26)28-24(31)21-13-20(25(32)33)29-30(21)17-9-5-6-15(12-17)14-27/h2-13H,14,27H2,1H3,(H,28,31)(H,32,33). The second-order valence-electron chi connectivity index (χ2n) is 7.90. The molecule has 0 bridgehead atoms. The molecule has 0 aliphatic heterocycles. The molecule has 4 aromatic rings. The number of carboxylic acids is 1. The highest BCUT2D eigenvalue weighted by molar-refractivity contribution is 7.90. The summed E-state index contributed by atoms with van der Waals surface area (Å²) in [6.07, 6.45) is 0.877. The molecule has 4 rings (SSSR count). The fourth-order valence-electron chi connectivity index (χ4n) is 3.71. The minimum Gasteiger partial charge on any atom is -0.476 e. The molecule has 0 atom stereocenters. The first-order valence-electron chi connectivity index (χ1n) is 10.6. The first kappa shape index (κ1) is 24.8. The van der Waals surface area contributed by atoms with Crippen LogP contribution in [-0.4, -0.2) is 41.4 Å². The smallest absolute Gasteiger partial charge is 0.356 e. The number of anilines is 1. The van der Waals surface area contributed by atoms with E-state index in [1.54, 1.807) is 54.6 Å². The molecule has 11 heteroatoms. The number of aromatic carboxylic acids is 1. The molecule has 0 aliphatic rings. The van der Waals surface area contributed by atoms with Gasteiger partial charge >= 0.3 is 5.97 Å². The number of sulfone groups is 1.